The lowest BCUT2D eigenvalue weighted by atomic mass is 10.1. The molecule has 2 atom stereocenters. The molecule has 6 aromatic carbocycles. The fourth-order valence-electron chi connectivity index (χ4n) is 5.46. The summed E-state index contributed by atoms with van der Waals surface area (Å²) in [4.78, 5) is 0. The van der Waals surface area contributed by atoms with Gasteiger partial charge in [-0.05, 0) is 70.2 Å². The molecule has 0 aliphatic carbocycles. The van der Waals surface area contributed by atoms with Gasteiger partial charge in [0.05, 0.1) is 22.9 Å². The van der Waals surface area contributed by atoms with E-state index in [0.717, 1.165) is 11.4 Å². The Labute approximate surface area is 218 Å². The second-order valence-electron chi connectivity index (χ2n) is 9.60. The predicted octanol–water partition coefficient (Wildman–Crippen LogP) is 9.04. The van der Waals surface area contributed by atoms with Gasteiger partial charge in [-0.15, -0.1) is 0 Å². The first kappa shape index (κ1) is 22.1. The topological polar surface area (TPSA) is 24.1 Å². The molecule has 1 aliphatic heterocycles. The van der Waals surface area contributed by atoms with Crippen LogP contribution in [0.25, 0.3) is 21.5 Å². The molecule has 6 aromatic rings. The van der Waals surface area contributed by atoms with Crippen molar-refractivity contribution < 1.29 is 0 Å². The maximum absolute atomic E-state index is 3.99. The Balaban J connectivity index is 1.46. The van der Waals surface area contributed by atoms with Gasteiger partial charge in [0.1, 0.15) is 0 Å². The Kier molecular flexibility index (Phi) is 5.61. The normalized spacial score (nSPS) is 19.0. The van der Waals surface area contributed by atoms with Crippen molar-refractivity contribution in [2.75, 3.05) is 10.6 Å². The van der Waals surface area contributed by atoms with E-state index in [1.807, 2.05) is 0 Å². The highest BCUT2D eigenvalue weighted by Crippen LogP contribution is 2.63. The maximum atomic E-state index is 3.99. The smallest absolute Gasteiger partial charge is 0.0775 e. The molecule has 1 heterocycles. The van der Waals surface area contributed by atoms with Gasteiger partial charge in [-0.3, -0.25) is 0 Å². The standard InChI is InChI=1S/C34H27N2P/c1-2-14-30(15-3-1)37-33(28-20-18-24-10-4-6-12-26(24)22-28)35-31-16-8-9-17-32(31)36-34(37)29-21-19-25-11-5-7-13-27(25)23-29/h1-23,33-36H. The Bertz CT molecular complexity index is 1600. The van der Waals surface area contributed by atoms with Crippen LogP contribution in [-0.2, 0) is 0 Å². The molecule has 0 amide bonds. The first-order valence-electron chi connectivity index (χ1n) is 12.8. The lowest BCUT2D eigenvalue weighted by Gasteiger charge is -2.34. The number of hydrogen-bond acceptors (Lipinski definition) is 2. The Morgan fingerprint density at radius 1 is 0.405 bits per heavy atom. The average Bonchev–Trinajstić information content (AvgIpc) is 3.14. The van der Waals surface area contributed by atoms with Crippen LogP contribution in [0.15, 0.2) is 140 Å². The molecule has 2 nitrogen and oxygen atoms in total. The third kappa shape index (κ3) is 4.14. The number of rotatable bonds is 3. The largest absolute Gasteiger partial charge is 0.372 e. The van der Waals surface area contributed by atoms with E-state index in [2.05, 4.69) is 150 Å². The number of hydrogen-bond donors (Lipinski definition) is 2. The van der Waals surface area contributed by atoms with Crippen LogP contribution in [-0.4, -0.2) is 0 Å². The number of fused-ring (bicyclic) bond motifs is 3. The summed E-state index contributed by atoms with van der Waals surface area (Å²) in [7, 11) is -0.752. The van der Waals surface area contributed by atoms with Crippen molar-refractivity contribution in [3.63, 3.8) is 0 Å². The summed E-state index contributed by atoms with van der Waals surface area (Å²) in [6.07, 6.45) is 0. The summed E-state index contributed by atoms with van der Waals surface area (Å²) >= 11 is 0. The SMILES string of the molecule is c1ccc(P2C(c3ccc4ccccc4c3)Nc3ccccc3NC2c2ccc3ccccc3c2)cc1. The lowest BCUT2D eigenvalue weighted by Crippen LogP contribution is -2.20. The summed E-state index contributed by atoms with van der Waals surface area (Å²) in [6.45, 7) is 0. The summed E-state index contributed by atoms with van der Waals surface area (Å²) in [6, 6.07) is 50.8. The van der Waals surface area contributed by atoms with Crippen LogP contribution in [0.2, 0.25) is 0 Å². The van der Waals surface area contributed by atoms with Crippen LogP contribution >= 0.6 is 7.92 Å². The lowest BCUT2D eigenvalue weighted by molar-refractivity contribution is 1.05. The Morgan fingerprint density at radius 3 is 1.35 bits per heavy atom. The summed E-state index contributed by atoms with van der Waals surface area (Å²) in [5.41, 5.74) is 4.93. The molecule has 2 unspecified atom stereocenters. The third-order valence-electron chi connectivity index (χ3n) is 7.30. The van der Waals surface area contributed by atoms with Crippen molar-refractivity contribution in [1.29, 1.82) is 0 Å². The summed E-state index contributed by atoms with van der Waals surface area (Å²) in [5.74, 6) is 0.268. The molecule has 0 aromatic heterocycles. The van der Waals surface area contributed by atoms with E-state index in [0.29, 0.717) is 0 Å². The molecule has 0 saturated carbocycles. The molecule has 37 heavy (non-hydrogen) atoms. The van der Waals surface area contributed by atoms with E-state index < -0.39 is 7.92 Å². The zero-order valence-electron chi connectivity index (χ0n) is 20.4. The van der Waals surface area contributed by atoms with Crippen molar-refractivity contribution in [3.05, 3.63) is 151 Å². The van der Waals surface area contributed by atoms with Gasteiger partial charge in [-0.25, -0.2) is 0 Å². The van der Waals surface area contributed by atoms with Crippen molar-refractivity contribution in [1.82, 2.24) is 0 Å². The van der Waals surface area contributed by atoms with Crippen LogP contribution in [0.3, 0.4) is 0 Å². The molecule has 0 bridgehead atoms. The van der Waals surface area contributed by atoms with E-state index >= 15 is 0 Å². The third-order valence-corrected chi connectivity index (χ3v) is 10.2. The highest BCUT2D eigenvalue weighted by Gasteiger charge is 2.36. The maximum Gasteiger partial charge on any atom is 0.0775 e. The molecule has 0 radical (unpaired) electrons. The van der Waals surface area contributed by atoms with Gasteiger partial charge in [0.25, 0.3) is 0 Å². The Hall–Kier alpha value is -4.13. The monoisotopic (exact) mass is 494 g/mol. The Morgan fingerprint density at radius 2 is 0.838 bits per heavy atom. The van der Waals surface area contributed by atoms with E-state index in [1.165, 1.54) is 38.0 Å². The zero-order chi connectivity index (χ0) is 24.6. The fraction of sp³-hybridized carbons (Fsp3) is 0.0588. The first-order valence-corrected chi connectivity index (χ1v) is 14.2. The molecule has 178 valence electrons. The molecule has 0 saturated heterocycles. The molecular formula is C34H27N2P. The number of nitrogens with one attached hydrogen (secondary N) is 2. The quantitative estimate of drug-likeness (QED) is 0.240. The second kappa shape index (κ2) is 9.39. The van der Waals surface area contributed by atoms with Crippen molar-refractivity contribution in [2.45, 2.75) is 11.6 Å². The number of benzene rings is 6. The van der Waals surface area contributed by atoms with Crippen LogP contribution in [0.5, 0.6) is 0 Å². The molecule has 3 heteroatoms. The van der Waals surface area contributed by atoms with Gasteiger partial charge in [0.2, 0.25) is 0 Å². The zero-order valence-corrected chi connectivity index (χ0v) is 21.3. The van der Waals surface area contributed by atoms with Crippen molar-refractivity contribution >= 4 is 46.1 Å². The molecule has 0 spiro atoms. The predicted molar refractivity (Wildman–Crippen MR) is 160 cm³/mol. The van der Waals surface area contributed by atoms with Crippen LogP contribution in [0.4, 0.5) is 11.4 Å². The van der Waals surface area contributed by atoms with Gasteiger partial charge in [-0.1, -0.05) is 115 Å². The molecular weight excluding hydrogens is 467 g/mol. The number of anilines is 2. The molecule has 1 aliphatic rings. The van der Waals surface area contributed by atoms with Crippen LogP contribution in [0, 0.1) is 0 Å². The van der Waals surface area contributed by atoms with E-state index in [9.17, 15) is 0 Å². The second-order valence-corrected chi connectivity index (χ2v) is 12.0. The van der Waals surface area contributed by atoms with Crippen molar-refractivity contribution in [3.8, 4) is 0 Å². The first-order chi connectivity index (χ1) is 18.3. The minimum atomic E-state index is -0.752. The van der Waals surface area contributed by atoms with E-state index in [4.69, 9.17) is 0 Å². The van der Waals surface area contributed by atoms with E-state index in [1.54, 1.807) is 0 Å². The molecule has 2 N–H and O–H groups in total. The highest BCUT2D eigenvalue weighted by atomic mass is 31.1. The highest BCUT2D eigenvalue weighted by molar-refractivity contribution is 7.66. The summed E-state index contributed by atoms with van der Waals surface area (Å²) < 4.78 is 0. The summed E-state index contributed by atoms with van der Waals surface area (Å²) in [5, 5.41) is 14.5. The van der Waals surface area contributed by atoms with Gasteiger partial charge in [-0.2, -0.15) is 0 Å². The van der Waals surface area contributed by atoms with Gasteiger partial charge in [0.15, 0.2) is 0 Å². The van der Waals surface area contributed by atoms with Crippen molar-refractivity contribution in [2.24, 2.45) is 0 Å². The van der Waals surface area contributed by atoms with Gasteiger partial charge in [0, 0.05) is 0 Å². The van der Waals surface area contributed by atoms with Gasteiger partial charge < -0.3 is 10.6 Å². The van der Waals surface area contributed by atoms with Crippen LogP contribution in [0.1, 0.15) is 22.7 Å². The minimum Gasteiger partial charge on any atom is -0.372 e. The van der Waals surface area contributed by atoms with E-state index in [-0.39, 0.29) is 11.6 Å². The molecule has 7 rings (SSSR count). The fourth-order valence-corrected chi connectivity index (χ4v) is 8.39. The van der Waals surface area contributed by atoms with Gasteiger partial charge >= 0.3 is 0 Å². The molecule has 0 fully saturated rings. The number of para-hydroxylation sites is 2. The minimum absolute atomic E-state index is 0.134. The van der Waals surface area contributed by atoms with Crippen LogP contribution < -0.4 is 15.9 Å². The average molecular weight is 495 g/mol.